The summed E-state index contributed by atoms with van der Waals surface area (Å²) in [6.45, 7) is 17.1. The summed E-state index contributed by atoms with van der Waals surface area (Å²) >= 11 is 0. The second-order valence-corrected chi connectivity index (χ2v) is 13.6. The van der Waals surface area contributed by atoms with Gasteiger partial charge in [0.15, 0.2) is 11.6 Å². The minimum absolute atomic E-state index is 0.0800. The summed E-state index contributed by atoms with van der Waals surface area (Å²) in [6.07, 6.45) is 1.91. The highest BCUT2D eigenvalue weighted by molar-refractivity contribution is 5.78. The Morgan fingerprint density at radius 3 is 1.78 bits per heavy atom. The average Bonchev–Trinajstić information content (AvgIpc) is 2.97. The van der Waals surface area contributed by atoms with Crippen LogP contribution in [-0.4, -0.2) is 91.6 Å². The van der Waals surface area contributed by atoms with E-state index in [0.717, 1.165) is 5.56 Å². The number of nitrogens with zero attached hydrogens (tertiary/aromatic N) is 2. The number of likely N-dealkylation sites (tertiary alicyclic amines) is 2. The molecule has 2 saturated heterocycles. The fraction of sp³-hybridized carbons (Fsp3) is 0.706. The Hall–Kier alpha value is -3.57. The predicted molar refractivity (Wildman–Crippen MR) is 170 cm³/mol. The molecule has 0 radical (unpaired) electrons. The van der Waals surface area contributed by atoms with Gasteiger partial charge in [0.1, 0.15) is 11.2 Å². The molecule has 2 aliphatic rings. The van der Waals surface area contributed by atoms with Crippen LogP contribution in [0, 0.1) is 17.2 Å². The number of amides is 2. The van der Waals surface area contributed by atoms with Crippen LogP contribution in [0.4, 0.5) is 14.0 Å². The summed E-state index contributed by atoms with van der Waals surface area (Å²) in [4.78, 5) is 51.7. The van der Waals surface area contributed by atoms with Gasteiger partial charge in [-0.05, 0) is 105 Å². The standard InChI is InChI=1S/C21H30FNO5.C13H23NO4/c1-6-27-18(24)21(14-15-7-8-16(22)17(13-15)26-5)9-11-23(12-10-21)19(25)28-20(2,3)4;1-5-17-11(15)10-6-8-14(9-7-10)12(16)18-13(2,3)4/h7-8,13H,6,9-12,14H2,1-5H3;10H,5-9H2,1-4H3. The molecule has 0 bridgehead atoms. The number of esters is 2. The summed E-state index contributed by atoms with van der Waals surface area (Å²) in [6, 6.07) is 4.60. The van der Waals surface area contributed by atoms with E-state index in [4.69, 9.17) is 23.7 Å². The number of halogens is 1. The van der Waals surface area contributed by atoms with Crippen molar-refractivity contribution in [1.82, 2.24) is 9.80 Å². The van der Waals surface area contributed by atoms with Crippen LogP contribution in [0.1, 0.15) is 86.6 Å². The van der Waals surface area contributed by atoms with Crippen LogP contribution in [0.25, 0.3) is 0 Å². The Balaban J connectivity index is 0.000000353. The van der Waals surface area contributed by atoms with Gasteiger partial charge in [-0.2, -0.15) is 0 Å². The number of hydrogen-bond donors (Lipinski definition) is 0. The highest BCUT2D eigenvalue weighted by Gasteiger charge is 2.44. The molecule has 2 fully saturated rings. The topological polar surface area (TPSA) is 121 Å². The summed E-state index contributed by atoms with van der Waals surface area (Å²) in [5, 5.41) is 0. The Kier molecular flexibility index (Phi) is 14.1. The third kappa shape index (κ3) is 12.0. The van der Waals surface area contributed by atoms with Crippen molar-refractivity contribution in [3.8, 4) is 5.75 Å². The molecule has 0 atom stereocenters. The highest BCUT2D eigenvalue weighted by Crippen LogP contribution is 2.38. The zero-order valence-electron chi connectivity index (χ0n) is 29.0. The number of ether oxygens (including phenoxy) is 5. The molecule has 46 heavy (non-hydrogen) atoms. The number of hydrogen-bond acceptors (Lipinski definition) is 9. The van der Waals surface area contributed by atoms with E-state index in [1.165, 1.54) is 13.2 Å². The number of benzene rings is 1. The van der Waals surface area contributed by atoms with E-state index in [1.54, 1.807) is 35.8 Å². The molecular weight excluding hydrogens is 599 g/mol. The normalized spacial score (nSPS) is 16.8. The third-order valence-corrected chi connectivity index (χ3v) is 7.61. The monoisotopic (exact) mass is 652 g/mol. The SMILES string of the molecule is CCOC(=O)C1(Cc2ccc(F)c(OC)c2)CCN(C(=O)OC(C)(C)C)CC1.CCOC(=O)C1CCN(C(=O)OC(C)(C)C)CC1. The third-order valence-electron chi connectivity index (χ3n) is 7.61. The first kappa shape index (κ1) is 38.6. The maximum atomic E-state index is 13.7. The number of piperidine rings is 2. The zero-order chi connectivity index (χ0) is 34.7. The number of carbonyl (C=O) groups is 4. The van der Waals surface area contributed by atoms with Crippen LogP contribution in [0.2, 0.25) is 0 Å². The molecule has 1 aromatic rings. The highest BCUT2D eigenvalue weighted by atomic mass is 19.1. The fourth-order valence-electron chi connectivity index (χ4n) is 5.27. The molecule has 0 spiro atoms. The summed E-state index contributed by atoms with van der Waals surface area (Å²) in [7, 11) is 1.41. The van der Waals surface area contributed by atoms with Gasteiger partial charge in [-0.25, -0.2) is 14.0 Å². The first-order valence-corrected chi connectivity index (χ1v) is 16.1. The van der Waals surface area contributed by atoms with Crippen LogP contribution in [0.3, 0.4) is 0 Å². The molecule has 3 rings (SSSR count). The average molecular weight is 653 g/mol. The van der Waals surface area contributed by atoms with Gasteiger partial charge >= 0.3 is 24.1 Å². The van der Waals surface area contributed by atoms with E-state index >= 15 is 0 Å². The Labute approximate surface area is 273 Å². The first-order chi connectivity index (χ1) is 21.4. The molecule has 0 N–H and O–H groups in total. The fourth-order valence-corrected chi connectivity index (χ4v) is 5.27. The Morgan fingerprint density at radius 2 is 1.33 bits per heavy atom. The summed E-state index contributed by atoms with van der Waals surface area (Å²) in [5.74, 6) is -0.828. The van der Waals surface area contributed by atoms with E-state index in [2.05, 4.69) is 0 Å². The van der Waals surface area contributed by atoms with Gasteiger partial charge in [-0.3, -0.25) is 9.59 Å². The van der Waals surface area contributed by atoms with E-state index in [-0.39, 0.29) is 42.4 Å². The van der Waals surface area contributed by atoms with Gasteiger partial charge < -0.3 is 33.5 Å². The second kappa shape index (κ2) is 16.8. The van der Waals surface area contributed by atoms with Gasteiger partial charge in [0.2, 0.25) is 0 Å². The molecule has 0 saturated carbocycles. The summed E-state index contributed by atoms with van der Waals surface area (Å²) < 4.78 is 39.8. The largest absolute Gasteiger partial charge is 0.494 e. The van der Waals surface area contributed by atoms with Crippen LogP contribution in [0.15, 0.2) is 18.2 Å². The molecule has 2 amide bonds. The predicted octanol–water partition coefficient (Wildman–Crippen LogP) is 6.15. The van der Waals surface area contributed by atoms with E-state index < -0.39 is 22.4 Å². The van der Waals surface area contributed by atoms with Crippen LogP contribution in [-0.2, 0) is 35.0 Å². The summed E-state index contributed by atoms with van der Waals surface area (Å²) in [5.41, 5.74) is -1.03. The molecular formula is C34H53FN2O9. The Morgan fingerprint density at radius 1 is 0.826 bits per heavy atom. The smallest absolute Gasteiger partial charge is 0.410 e. The number of methoxy groups -OCH3 is 1. The van der Waals surface area contributed by atoms with Crippen LogP contribution >= 0.6 is 0 Å². The molecule has 11 nitrogen and oxygen atoms in total. The molecule has 0 aliphatic carbocycles. The minimum atomic E-state index is -0.767. The van der Waals surface area contributed by atoms with Crippen molar-refractivity contribution < 1.29 is 47.3 Å². The lowest BCUT2D eigenvalue weighted by molar-refractivity contribution is -0.158. The van der Waals surface area contributed by atoms with E-state index in [9.17, 15) is 23.6 Å². The molecule has 2 heterocycles. The number of rotatable bonds is 7. The van der Waals surface area contributed by atoms with Gasteiger partial charge in [0.25, 0.3) is 0 Å². The van der Waals surface area contributed by atoms with Gasteiger partial charge in [-0.15, -0.1) is 0 Å². The molecule has 12 heteroatoms. The van der Waals surface area contributed by atoms with Crippen molar-refractivity contribution in [3.63, 3.8) is 0 Å². The lowest BCUT2D eigenvalue weighted by Crippen LogP contribution is -2.49. The van der Waals surface area contributed by atoms with Crippen LogP contribution < -0.4 is 4.74 Å². The lowest BCUT2D eigenvalue weighted by Gasteiger charge is -2.40. The second-order valence-electron chi connectivity index (χ2n) is 13.6. The molecule has 1 aromatic carbocycles. The van der Waals surface area contributed by atoms with Crippen molar-refractivity contribution in [2.75, 3.05) is 46.5 Å². The quantitative estimate of drug-likeness (QED) is 0.252. The van der Waals surface area contributed by atoms with Crippen LogP contribution in [0.5, 0.6) is 5.75 Å². The van der Waals surface area contributed by atoms with Crippen molar-refractivity contribution >= 4 is 24.1 Å². The molecule has 260 valence electrons. The molecule has 0 aromatic heterocycles. The van der Waals surface area contributed by atoms with Crippen molar-refractivity contribution in [2.45, 2.75) is 98.7 Å². The van der Waals surface area contributed by atoms with Gasteiger partial charge in [-0.1, -0.05) is 6.07 Å². The first-order valence-electron chi connectivity index (χ1n) is 16.1. The Bertz CT molecular complexity index is 1180. The van der Waals surface area contributed by atoms with Crippen molar-refractivity contribution in [2.24, 2.45) is 11.3 Å². The van der Waals surface area contributed by atoms with E-state index in [1.807, 2.05) is 41.5 Å². The maximum Gasteiger partial charge on any atom is 0.410 e. The van der Waals surface area contributed by atoms with Crippen molar-refractivity contribution in [3.05, 3.63) is 29.6 Å². The zero-order valence-corrected chi connectivity index (χ0v) is 29.0. The van der Waals surface area contributed by atoms with Gasteiger partial charge in [0, 0.05) is 26.2 Å². The lowest BCUT2D eigenvalue weighted by atomic mass is 9.73. The van der Waals surface area contributed by atoms with Crippen molar-refractivity contribution in [1.29, 1.82) is 0 Å². The number of carbonyl (C=O) groups excluding carboxylic acids is 4. The molecule has 0 unspecified atom stereocenters. The van der Waals surface area contributed by atoms with Gasteiger partial charge in [0.05, 0.1) is 31.7 Å². The molecule has 2 aliphatic heterocycles. The minimum Gasteiger partial charge on any atom is -0.494 e. The van der Waals surface area contributed by atoms with E-state index in [0.29, 0.717) is 64.9 Å². The maximum absolute atomic E-state index is 13.7.